The van der Waals surface area contributed by atoms with Crippen LogP contribution >= 0.6 is 0 Å². The maximum atomic E-state index is 13.9. The van der Waals surface area contributed by atoms with Gasteiger partial charge in [0, 0.05) is 52.5 Å². The first kappa shape index (κ1) is 21.2. The van der Waals surface area contributed by atoms with Crippen molar-refractivity contribution in [2.24, 2.45) is 0 Å². The number of benzene rings is 2. The topological polar surface area (TPSA) is 38.8 Å². The molecule has 0 radical (unpaired) electrons. The largest absolute Gasteiger partial charge is 0.378 e. The van der Waals surface area contributed by atoms with E-state index in [2.05, 4.69) is 22.2 Å². The lowest BCUT2D eigenvalue weighted by molar-refractivity contribution is 0.0879. The lowest BCUT2D eigenvalue weighted by Gasteiger charge is -2.38. The summed E-state index contributed by atoms with van der Waals surface area (Å²) >= 11 is 0. The second-order valence-corrected chi connectivity index (χ2v) is 7.65. The molecule has 156 valence electrons. The maximum absolute atomic E-state index is 13.9. The van der Waals surface area contributed by atoms with E-state index in [4.69, 9.17) is 0 Å². The molecule has 1 N–H and O–H groups in total. The molecule has 0 spiro atoms. The molecule has 1 saturated heterocycles. The lowest BCUT2D eigenvalue weighted by atomic mass is 10.0. The maximum Gasteiger partial charge on any atom is 0.257 e. The molecule has 0 bridgehead atoms. The van der Waals surface area contributed by atoms with E-state index in [1.165, 1.54) is 6.07 Å². The van der Waals surface area contributed by atoms with Crippen molar-refractivity contribution < 1.29 is 13.6 Å². The highest BCUT2D eigenvalue weighted by molar-refractivity contribution is 5.94. The molecule has 0 aromatic heterocycles. The van der Waals surface area contributed by atoms with Gasteiger partial charge in [0.15, 0.2) is 0 Å². The van der Waals surface area contributed by atoms with Crippen molar-refractivity contribution in [2.45, 2.75) is 6.04 Å². The molecule has 0 unspecified atom stereocenters. The van der Waals surface area contributed by atoms with Gasteiger partial charge < -0.3 is 15.1 Å². The Hall–Kier alpha value is -2.51. The second kappa shape index (κ2) is 9.33. The van der Waals surface area contributed by atoms with Gasteiger partial charge >= 0.3 is 0 Å². The van der Waals surface area contributed by atoms with Crippen LogP contribution in [-0.2, 0) is 0 Å². The van der Waals surface area contributed by atoms with Gasteiger partial charge in [0.05, 0.1) is 6.04 Å². The summed E-state index contributed by atoms with van der Waals surface area (Å²) in [4.78, 5) is 19.1. The first-order valence-corrected chi connectivity index (χ1v) is 9.79. The average molecular weight is 402 g/mol. The molecule has 2 aromatic carbocycles. The first-order chi connectivity index (χ1) is 13.9. The fourth-order valence-corrected chi connectivity index (χ4v) is 3.58. The summed E-state index contributed by atoms with van der Waals surface area (Å²) in [5.74, 6) is -2.44. The number of carbonyl (C=O) groups is 1. The van der Waals surface area contributed by atoms with Gasteiger partial charge in [0.1, 0.15) is 17.2 Å². The van der Waals surface area contributed by atoms with Gasteiger partial charge in [-0.25, -0.2) is 8.78 Å². The van der Waals surface area contributed by atoms with Crippen molar-refractivity contribution in [3.63, 3.8) is 0 Å². The van der Waals surface area contributed by atoms with Gasteiger partial charge in [0.2, 0.25) is 0 Å². The highest BCUT2D eigenvalue weighted by Gasteiger charge is 2.25. The van der Waals surface area contributed by atoms with Crippen molar-refractivity contribution in [2.75, 3.05) is 58.8 Å². The first-order valence-electron chi connectivity index (χ1n) is 9.79. The fraction of sp³-hybridized carbons (Fsp3) is 0.409. The number of hydrogen-bond donors (Lipinski definition) is 1. The van der Waals surface area contributed by atoms with Crippen LogP contribution in [0.2, 0.25) is 0 Å². The number of hydrogen-bond acceptors (Lipinski definition) is 4. The Balaban J connectivity index is 1.78. The van der Waals surface area contributed by atoms with Crippen LogP contribution in [0, 0.1) is 11.6 Å². The van der Waals surface area contributed by atoms with Gasteiger partial charge in [-0.2, -0.15) is 0 Å². The standard InChI is InChI=1S/C22H28F2N4O/c1-26(2)17-9-7-16(8-10-17)20(28-13-11-27(3)12-14-28)15-25-22(29)21-18(23)5-4-6-19(21)24/h4-10,20H,11-15H2,1-3H3,(H,25,29)/t20-/m0/s1. The molecule has 0 aliphatic carbocycles. The quantitative estimate of drug-likeness (QED) is 0.807. The Morgan fingerprint density at radius 3 is 2.17 bits per heavy atom. The van der Waals surface area contributed by atoms with E-state index in [0.717, 1.165) is 49.6 Å². The van der Waals surface area contributed by atoms with Crippen LogP contribution in [0.1, 0.15) is 22.0 Å². The number of nitrogens with zero attached hydrogens (tertiary/aromatic N) is 3. The molecule has 3 rings (SSSR count). The lowest BCUT2D eigenvalue weighted by Crippen LogP contribution is -2.48. The smallest absolute Gasteiger partial charge is 0.257 e. The number of amides is 1. The van der Waals surface area contributed by atoms with Crippen LogP contribution in [0.4, 0.5) is 14.5 Å². The normalized spacial score (nSPS) is 16.4. The molecule has 29 heavy (non-hydrogen) atoms. The minimum Gasteiger partial charge on any atom is -0.378 e. The molecule has 1 aliphatic rings. The Kier molecular flexibility index (Phi) is 6.82. The number of nitrogens with one attached hydrogen (secondary N) is 1. The summed E-state index contributed by atoms with van der Waals surface area (Å²) in [6.07, 6.45) is 0. The molecule has 0 saturated carbocycles. The van der Waals surface area contributed by atoms with Crippen LogP contribution in [0.15, 0.2) is 42.5 Å². The Morgan fingerprint density at radius 2 is 1.62 bits per heavy atom. The molecule has 1 heterocycles. The van der Waals surface area contributed by atoms with Crippen LogP contribution < -0.4 is 10.2 Å². The zero-order valence-corrected chi connectivity index (χ0v) is 17.2. The number of piperazine rings is 1. The van der Waals surface area contributed by atoms with Crippen molar-refractivity contribution in [3.8, 4) is 0 Å². The van der Waals surface area contributed by atoms with Gasteiger partial charge in [-0.15, -0.1) is 0 Å². The number of likely N-dealkylation sites (N-methyl/N-ethyl adjacent to an activating group) is 1. The number of rotatable bonds is 6. The molecule has 5 nitrogen and oxygen atoms in total. The third-order valence-corrected chi connectivity index (χ3v) is 5.42. The van der Waals surface area contributed by atoms with Crippen molar-refractivity contribution in [1.82, 2.24) is 15.1 Å². The number of halogens is 2. The number of anilines is 1. The van der Waals surface area contributed by atoms with E-state index in [-0.39, 0.29) is 12.6 Å². The molecule has 2 aromatic rings. The summed E-state index contributed by atoms with van der Waals surface area (Å²) in [6.45, 7) is 3.86. The molecule has 1 fully saturated rings. The van der Waals surface area contributed by atoms with E-state index in [9.17, 15) is 13.6 Å². The minimum absolute atomic E-state index is 0.0707. The van der Waals surface area contributed by atoms with E-state index in [0.29, 0.717) is 0 Å². The number of carbonyl (C=O) groups excluding carboxylic acids is 1. The van der Waals surface area contributed by atoms with Crippen LogP contribution in [-0.4, -0.2) is 69.6 Å². The molecular formula is C22H28F2N4O. The molecular weight excluding hydrogens is 374 g/mol. The van der Waals surface area contributed by atoms with Gasteiger partial charge in [0.25, 0.3) is 5.91 Å². The van der Waals surface area contributed by atoms with Gasteiger partial charge in [-0.3, -0.25) is 9.69 Å². The monoisotopic (exact) mass is 402 g/mol. The summed E-state index contributed by atoms with van der Waals surface area (Å²) < 4.78 is 27.9. The summed E-state index contributed by atoms with van der Waals surface area (Å²) in [5.41, 5.74) is 1.62. The zero-order chi connectivity index (χ0) is 21.0. The molecule has 1 amide bonds. The van der Waals surface area contributed by atoms with Crippen molar-refractivity contribution in [1.29, 1.82) is 0 Å². The summed E-state index contributed by atoms with van der Waals surface area (Å²) in [7, 11) is 6.05. The predicted molar refractivity (Wildman–Crippen MR) is 111 cm³/mol. The van der Waals surface area contributed by atoms with Gasteiger partial charge in [-0.05, 0) is 36.9 Å². The van der Waals surface area contributed by atoms with E-state index >= 15 is 0 Å². The summed E-state index contributed by atoms with van der Waals surface area (Å²) in [5, 5.41) is 2.74. The van der Waals surface area contributed by atoms with E-state index in [1.807, 2.05) is 43.3 Å². The fourth-order valence-electron chi connectivity index (χ4n) is 3.58. The van der Waals surface area contributed by atoms with E-state index < -0.39 is 23.1 Å². The predicted octanol–water partition coefficient (Wildman–Crippen LogP) is 2.75. The Labute approximate surface area is 170 Å². The Morgan fingerprint density at radius 1 is 1.03 bits per heavy atom. The van der Waals surface area contributed by atoms with Crippen molar-refractivity contribution >= 4 is 11.6 Å². The summed E-state index contributed by atoms with van der Waals surface area (Å²) in [6, 6.07) is 11.5. The highest BCUT2D eigenvalue weighted by Crippen LogP contribution is 2.24. The van der Waals surface area contributed by atoms with Gasteiger partial charge in [-0.1, -0.05) is 18.2 Å². The zero-order valence-electron chi connectivity index (χ0n) is 17.2. The van der Waals surface area contributed by atoms with Crippen LogP contribution in [0.5, 0.6) is 0 Å². The third-order valence-electron chi connectivity index (χ3n) is 5.42. The third kappa shape index (κ3) is 5.10. The van der Waals surface area contributed by atoms with E-state index in [1.54, 1.807) is 0 Å². The van der Waals surface area contributed by atoms with Crippen LogP contribution in [0.3, 0.4) is 0 Å². The second-order valence-electron chi connectivity index (χ2n) is 7.65. The molecule has 7 heteroatoms. The van der Waals surface area contributed by atoms with Crippen LogP contribution in [0.25, 0.3) is 0 Å². The average Bonchev–Trinajstić information content (AvgIpc) is 2.69. The SMILES string of the molecule is CN1CCN([C@@H](CNC(=O)c2c(F)cccc2F)c2ccc(N(C)C)cc2)CC1. The molecule has 1 aliphatic heterocycles. The Bertz CT molecular complexity index is 813. The minimum atomic E-state index is -0.853. The molecule has 1 atom stereocenters. The highest BCUT2D eigenvalue weighted by atomic mass is 19.1. The van der Waals surface area contributed by atoms with Crippen molar-refractivity contribution in [3.05, 3.63) is 65.2 Å².